The zero-order chi connectivity index (χ0) is 14.5. The van der Waals surface area contributed by atoms with E-state index in [1.54, 1.807) is 6.07 Å². The predicted octanol–water partition coefficient (Wildman–Crippen LogP) is 3.26. The third-order valence-corrected chi connectivity index (χ3v) is 3.61. The lowest BCUT2D eigenvalue weighted by Crippen LogP contribution is -2.28. The molecule has 1 heterocycles. The van der Waals surface area contributed by atoms with Crippen LogP contribution in [0.2, 0.25) is 0 Å². The average Bonchev–Trinajstić information content (AvgIpc) is 2.85. The molecule has 106 valence electrons. The van der Waals surface area contributed by atoms with Crippen molar-refractivity contribution in [2.24, 2.45) is 5.92 Å². The minimum absolute atomic E-state index is 0.0326. The Morgan fingerprint density at radius 2 is 2.25 bits per heavy atom. The highest BCUT2D eigenvalue weighted by Gasteiger charge is 2.09. The Morgan fingerprint density at radius 3 is 2.95 bits per heavy atom. The summed E-state index contributed by atoms with van der Waals surface area (Å²) in [5.41, 5.74) is 1.46. The van der Waals surface area contributed by atoms with E-state index in [0.717, 1.165) is 16.3 Å². The summed E-state index contributed by atoms with van der Waals surface area (Å²) in [5, 5.41) is 5.43. The summed E-state index contributed by atoms with van der Waals surface area (Å²) in [6, 6.07) is 6.31. The molecule has 0 atom stereocenters. The van der Waals surface area contributed by atoms with Crippen LogP contribution in [-0.2, 0) is 11.2 Å². The summed E-state index contributed by atoms with van der Waals surface area (Å²) in [6.07, 6.45) is 0.262. The summed E-state index contributed by atoms with van der Waals surface area (Å²) in [4.78, 5) is 16.1. The van der Waals surface area contributed by atoms with Gasteiger partial charge in [-0.1, -0.05) is 26.0 Å². The largest absolute Gasteiger partial charge is 0.356 e. The lowest BCUT2D eigenvalue weighted by molar-refractivity contribution is -0.120. The molecule has 0 saturated carbocycles. The highest BCUT2D eigenvalue weighted by Crippen LogP contribution is 2.24. The fourth-order valence-corrected chi connectivity index (χ4v) is 2.50. The van der Waals surface area contributed by atoms with Gasteiger partial charge in [0.05, 0.1) is 12.1 Å². The molecule has 0 aliphatic heterocycles. The lowest BCUT2D eigenvalue weighted by atomic mass is 10.2. The number of carbonyl (C=O) groups is 1. The third-order valence-electron chi connectivity index (χ3n) is 2.67. The van der Waals surface area contributed by atoms with Crippen LogP contribution in [0, 0.1) is 11.7 Å². The molecule has 0 aliphatic rings. The van der Waals surface area contributed by atoms with E-state index in [9.17, 15) is 9.18 Å². The van der Waals surface area contributed by atoms with Gasteiger partial charge in [0, 0.05) is 17.5 Å². The monoisotopic (exact) mass is 292 g/mol. The first-order chi connectivity index (χ1) is 9.54. The van der Waals surface area contributed by atoms with Crippen LogP contribution in [0.3, 0.4) is 0 Å². The quantitative estimate of drug-likeness (QED) is 0.919. The smallest absolute Gasteiger partial charge is 0.226 e. The first-order valence-corrected chi connectivity index (χ1v) is 7.39. The Bertz CT molecular complexity index is 595. The Balaban J connectivity index is 2.00. The molecule has 0 radical (unpaired) electrons. The summed E-state index contributed by atoms with van der Waals surface area (Å²) >= 11 is 1.42. The van der Waals surface area contributed by atoms with Crippen LogP contribution < -0.4 is 5.32 Å². The van der Waals surface area contributed by atoms with E-state index in [1.807, 2.05) is 25.3 Å². The molecule has 1 N–H and O–H groups in total. The van der Waals surface area contributed by atoms with Crippen LogP contribution in [0.5, 0.6) is 0 Å². The van der Waals surface area contributed by atoms with Crippen LogP contribution in [-0.4, -0.2) is 17.4 Å². The molecular weight excluding hydrogens is 275 g/mol. The topological polar surface area (TPSA) is 42.0 Å². The second-order valence-corrected chi connectivity index (χ2v) is 5.89. The minimum atomic E-state index is -0.283. The number of carbonyl (C=O) groups excluding carboxylic acids is 1. The average molecular weight is 292 g/mol. The summed E-state index contributed by atoms with van der Waals surface area (Å²) in [7, 11) is 0. The standard InChI is InChI=1S/C15H17FN2OS/c1-10(2)8-17-14(19)7-13-9-20-15(18-13)11-4-3-5-12(16)6-11/h3-6,9-10H,7-8H2,1-2H3,(H,17,19). The first-order valence-electron chi connectivity index (χ1n) is 6.51. The van der Waals surface area contributed by atoms with Gasteiger partial charge in [0.1, 0.15) is 10.8 Å². The maximum atomic E-state index is 13.2. The van der Waals surface area contributed by atoms with Crippen molar-refractivity contribution in [2.75, 3.05) is 6.54 Å². The second-order valence-electron chi connectivity index (χ2n) is 5.03. The van der Waals surface area contributed by atoms with Gasteiger partial charge in [-0.25, -0.2) is 9.37 Å². The van der Waals surface area contributed by atoms with E-state index < -0.39 is 0 Å². The first kappa shape index (κ1) is 14.7. The van der Waals surface area contributed by atoms with Gasteiger partial charge in [-0.2, -0.15) is 0 Å². The van der Waals surface area contributed by atoms with Gasteiger partial charge in [0.2, 0.25) is 5.91 Å². The van der Waals surface area contributed by atoms with Gasteiger partial charge >= 0.3 is 0 Å². The molecule has 1 aromatic heterocycles. The van der Waals surface area contributed by atoms with Gasteiger partial charge in [-0.3, -0.25) is 4.79 Å². The van der Waals surface area contributed by atoms with Crippen molar-refractivity contribution >= 4 is 17.2 Å². The summed E-state index contributed by atoms with van der Waals surface area (Å²) in [5.74, 6) is 0.112. The zero-order valence-corrected chi connectivity index (χ0v) is 12.3. The highest BCUT2D eigenvalue weighted by molar-refractivity contribution is 7.13. The van der Waals surface area contributed by atoms with Crippen LogP contribution in [0.25, 0.3) is 10.6 Å². The Kier molecular flexibility index (Phi) is 4.84. The molecule has 0 fully saturated rings. The number of aromatic nitrogens is 1. The predicted molar refractivity (Wildman–Crippen MR) is 79.1 cm³/mol. The SMILES string of the molecule is CC(C)CNC(=O)Cc1csc(-c2cccc(F)c2)n1. The Hall–Kier alpha value is -1.75. The Morgan fingerprint density at radius 1 is 1.45 bits per heavy atom. The molecule has 1 aromatic carbocycles. The molecule has 0 bridgehead atoms. The number of benzene rings is 1. The normalized spacial score (nSPS) is 10.8. The van der Waals surface area contributed by atoms with Crippen molar-refractivity contribution in [3.05, 3.63) is 41.2 Å². The zero-order valence-electron chi connectivity index (χ0n) is 11.5. The maximum absolute atomic E-state index is 13.2. The van der Waals surface area contributed by atoms with Crippen molar-refractivity contribution < 1.29 is 9.18 Å². The fourth-order valence-electron chi connectivity index (χ4n) is 1.69. The molecule has 0 unspecified atom stereocenters. The highest BCUT2D eigenvalue weighted by atomic mass is 32.1. The molecule has 0 aliphatic carbocycles. The fraction of sp³-hybridized carbons (Fsp3) is 0.333. The van der Waals surface area contributed by atoms with Crippen LogP contribution in [0.15, 0.2) is 29.6 Å². The molecule has 1 amide bonds. The van der Waals surface area contributed by atoms with E-state index in [1.165, 1.54) is 23.5 Å². The molecule has 3 nitrogen and oxygen atoms in total. The number of rotatable bonds is 5. The summed E-state index contributed by atoms with van der Waals surface area (Å²) < 4.78 is 13.2. The van der Waals surface area contributed by atoms with Crippen molar-refractivity contribution in [3.8, 4) is 10.6 Å². The van der Waals surface area contributed by atoms with Crippen LogP contribution in [0.4, 0.5) is 4.39 Å². The van der Waals surface area contributed by atoms with Crippen LogP contribution >= 0.6 is 11.3 Å². The van der Waals surface area contributed by atoms with Gasteiger partial charge < -0.3 is 5.32 Å². The molecular formula is C15H17FN2OS. The number of halogens is 1. The lowest BCUT2D eigenvalue weighted by Gasteiger charge is -2.06. The van der Waals surface area contributed by atoms with E-state index >= 15 is 0 Å². The van der Waals surface area contributed by atoms with Gasteiger partial charge in [0.25, 0.3) is 0 Å². The minimum Gasteiger partial charge on any atom is -0.356 e. The van der Waals surface area contributed by atoms with E-state index in [2.05, 4.69) is 10.3 Å². The van der Waals surface area contributed by atoms with E-state index in [4.69, 9.17) is 0 Å². The number of hydrogen-bond donors (Lipinski definition) is 1. The molecule has 0 saturated heterocycles. The molecule has 0 spiro atoms. The van der Waals surface area contributed by atoms with Gasteiger partial charge in [-0.05, 0) is 18.1 Å². The van der Waals surface area contributed by atoms with Crippen molar-refractivity contribution in [1.29, 1.82) is 0 Å². The van der Waals surface area contributed by atoms with Gasteiger partial charge in [-0.15, -0.1) is 11.3 Å². The third kappa shape index (κ3) is 4.13. The van der Waals surface area contributed by atoms with E-state index in [0.29, 0.717) is 12.5 Å². The number of nitrogens with one attached hydrogen (secondary N) is 1. The summed E-state index contributed by atoms with van der Waals surface area (Å²) in [6.45, 7) is 4.76. The number of hydrogen-bond acceptors (Lipinski definition) is 3. The van der Waals surface area contributed by atoms with Gasteiger partial charge in [0.15, 0.2) is 0 Å². The molecule has 2 rings (SSSR count). The number of thiazole rings is 1. The number of nitrogens with zero attached hydrogens (tertiary/aromatic N) is 1. The van der Waals surface area contributed by atoms with Crippen molar-refractivity contribution in [3.63, 3.8) is 0 Å². The number of amides is 1. The van der Waals surface area contributed by atoms with Crippen molar-refractivity contribution in [1.82, 2.24) is 10.3 Å². The molecule has 5 heteroatoms. The van der Waals surface area contributed by atoms with E-state index in [-0.39, 0.29) is 18.1 Å². The molecule has 20 heavy (non-hydrogen) atoms. The Labute approximate surface area is 121 Å². The molecule has 2 aromatic rings. The van der Waals surface area contributed by atoms with Crippen LogP contribution in [0.1, 0.15) is 19.5 Å². The second kappa shape index (κ2) is 6.61. The maximum Gasteiger partial charge on any atom is 0.226 e. The van der Waals surface area contributed by atoms with Crippen molar-refractivity contribution in [2.45, 2.75) is 20.3 Å².